The molecule has 1 heterocycles. The van der Waals surface area contributed by atoms with Crippen LogP contribution in [0.25, 0.3) is 0 Å². The monoisotopic (exact) mass is 338 g/mol. The summed E-state index contributed by atoms with van der Waals surface area (Å²) < 4.78 is 5.23. The summed E-state index contributed by atoms with van der Waals surface area (Å²) >= 11 is 5.90. The van der Waals surface area contributed by atoms with E-state index in [0.717, 1.165) is 12.8 Å². The number of likely N-dealkylation sites (tertiary alicyclic amines) is 1. The van der Waals surface area contributed by atoms with Gasteiger partial charge in [-0.1, -0.05) is 31.5 Å². The highest BCUT2D eigenvalue weighted by Gasteiger charge is 2.25. The molecule has 5 nitrogen and oxygen atoms in total. The van der Waals surface area contributed by atoms with E-state index in [0.29, 0.717) is 36.2 Å². The molecular weight excluding hydrogens is 316 g/mol. The molecule has 1 fully saturated rings. The van der Waals surface area contributed by atoms with Crippen LogP contribution in [0.4, 0.5) is 4.79 Å². The molecule has 1 aliphatic heterocycles. The zero-order valence-corrected chi connectivity index (χ0v) is 14.3. The summed E-state index contributed by atoms with van der Waals surface area (Å²) in [6.45, 7) is 5.63. The Kier molecular flexibility index (Phi) is 6.28. The van der Waals surface area contributed by atoms with E-state index in [2.05, 4.69) is 5.32 Å². The lowest BCUT2D eigenvalue weighted by atomic mass is 10.0. The van der Waals surface area contributed by atoms with Gasteiger partial charge in [0.2, 0.25) is 0 Å². The predicted molar refractivity (Wildman–Crippen MR) is 89.7 cm³/mol. The minimum Gasteiger partial charge on any atom is -0.449 e. The topological polar surface area (TPSA) is 58.6 Å². The second kappa shape index (κ2) is 8.20. The first kappa shape index (κ1) is 17.6. The lowest BCUT2D eigenvalue weighted by Crippen LogP contribution is -2.46. The number of rotatable bonds is 4. The van der Waals surface area contributed by atoms with Gasteiger partial charge in [0.25, 0.3) is 5.91 Å². The fourth-order valence-electron chi connectivity index (χ4n) is 2.43. The van der Waals surface area contributed by atoms with Crippen LogP contribution in [0.5, 0.6) is 0 Å². The third-order valence-electron chi connectivity index (χ3n) is 3.72. The Balaban J connectivity index is 1.78. The average Bonchev–Trinajstić information content (AvgIpc) is 2.53. The van der Waals surface area contributed by atoms with E-state index in [1.807, 2.05) is 13.8 Å². The van der Waals surface area contributed by atoms with Crippen LogP contribution in [-0.4, -0.2) is 42.6 Å². The van der Waals surface area contributed by atoms with Crippen molar-refractivity contribution in [2.24, 2.45) is 5.92 Å². The molecule has 2 amide bonds. The molecule has 1 aliphatic rings. The molecule has 1 saturated heterocycles. The Hall–Kier alpha value is -1.75. The molecule has 0 atom stereocenters. The summed E-state index contributed by atoms with van der Waals surface area (Å²) in [6, 6.07) is 6.94. The van der Waals surface area contributed by atoms with Gasteiger partial charge in [-0.2, -0.15) is 0 Å². The molecule has 1 aromatic carbocycles. The number of halogens is 1. The van der Waals surface area contributed by atoms with Gasteiger partial charge >= 0.3 is 6.09 Å². The van der Waals surface area contributed by atoms with Crippen molar-refractivity contribution in [2.45, 2.75) is 32.7 Å². The van der Waals surface area contributed by atoms with E-state index in [4.69, 9.17) is 16.3 Å². The van der Waals surface area contributed by atoms with Crippen LogP contribution >= 0.6 is 11.6 Å². The smallest absolute Gasteiger partial charge is 0.409 e. The summed E-state index contributed by atoms with van der Waals surface area (Å²) in [5.41, 5.74) is 0.552. The van der Waals surface area contributed by atoms with Crippen LogP contribution in [0.1, 0.15) is 37.0 Å². The first-order valence-electron chi connectivity index (χ1n) is 7.94. The molecule has 0 saturated carbocycles. The molecule has 1 N–H and O–H groups in total. The van der Waals surface area contributed by atoms with Gasteiger partial charge in [0.1, 0.15) is 0 Å². The summed E-state index contributed by atoms with van der Waals surface area (Å²) in [6.07, 6.45) is 1.19. The fraction of sp³-hybridized carbons (Fsp3) is 0.529. The second-order valence-electron chi connectivity index (χ2n) is 6.22. The van der Waals surface area contributed by atoms with E-state index in [9.17, 15) is 9.59 Å². The maximum absolute atomic E-state index is 12.2. The van der Waals surface area contributed by atoms with Gasteiger partial charge in [-0.25, -0.2) is 4.79 Å². The first-order chi connectivity index (χ1) is 11.0. The van der Waals surface area contributed by atoms with Crippen molar-refractivity contribution >= 4 is 23.6 Å². The Labute approximate surface area is 141 Å². The molecule has 0 aliphatic carbocycles. The zero-order valence-electron chi connectivity index (χ0n) is 13.5. The standard InChI is InChI=1S/C17H23ClN2O3/c1-12(2)11-23-17(22)20-8-6-15(7-9-20)19-16(21)13-4-3-5-14(18)10-13/h3-5,10,12,15H,6-9,11H2,1-2H3,(H,19,21). The summed E-state index contributed by atoms with van der Waals surface area (Å²) in [4.78, 5) is 25.8. The van der Waals surface area contributed by atoms with Crippen LogP contribution in [0, 0.1) is 5.92 Å². The van der Waals surface area contributed by atoms with Crippen molar-refractivity contribution in [1.29, 1.82) is 0 Å². The lowest BCUT2D eigenvalue weighted by molar-refractivity contribution is 0.0785. The highest BCUT2D eigenvalue weighted by Crippen LogP contribution is 2.14. The third kappa shape index (κ3) is 5.43. The number of benzene rings is 1. The van der Waals surface area contributed by atoms with Gasteiger partial charge in [0, 0.05) is 29.7 Å². The van der Waals surface area contributed by atoms with E-state index >= 15 is 0 Å². The minimum absolute atomic E-state index is 0.0654. The van der Waals surface area contributed by atoms with Gasteiger partial charge in [0.05, 0.1) is 6.61 Å². The summed E-state index contributed by atoms with van der Waals surface area (Å²) in [5.74, 6) is 0.196. The highest BCUT2D eigenvalue weighted by atomic mass is 35.5. The van der Waals surface area contributed by atoms with E-state index in [1.165, 1.54) is 0 Å². The van der Waals surface area contributed by atoms with E-state index < -0.39 is 0 Å². The number of ether oxygens (including phenoxy) is 1. The molecular formula is C17H23ClN2O3. The van der Waals surface area contributed by atoms with Crippen LogP contribution in [-0.2, 0) is 4.74 Å². The van der Waals surface area contributed by atoms with Crippen LogP contribution in [0.15, 0.2) is 24.3 Å². The largest absolute Gasteiger partial charge is 0.449 e. The van der Waals surface area contributed by atoms with Crippen molar-refractivity contribution < 1.29 is 14.3 Å². The maximum atomic E-state index is 12.2. The van der Waals surface area contributed by atoms with Crippen molar-refractivity contribution in [1.82, 2.24) is 10.2 Å². The minimum atomic E-state index is -0.265. The number of piperidine rings is 1. The molecule has 23 heavy (non-hydrogen) atoms. The van der Waals surface area contributed by atoms with Crippen LogP contribution < -0.4 is 5.32 Å². The van der Waals surface area contributed by atoms with Crippen LogP contribution in [0.2, 0.25) is 5.02 Å². The number of hydrogen-bond donors (Lipinski definition) is 1. The molecule has 126 valence electrons. The molecule has 0 bridgehead atoms. The maximum Gasteiger partial charge on any atom is 0.409 e. The molecule has 2 rings (SSSR count). The number of hydrogen-bond acceptors (Lipinski definition) is 3. The zero-order chi connectivity index (χ0) is 16.8. The SMILES string of the molecule is CC(C)COC(=O)N1CCC(NC(=O)c2cccc(Cl)c2)CC1. The van der Waals surface area contributed by atoms with Crippen molar-refractivity contribution in [3.63, 3.8) is 0 Å². The number of nitrogens with one attached hydrogen (secondary N) is 1. The molecule has 0 spiro atoms. The Morgan fingerprint density at radius 3 is 2.65 bits per heavy atom. The first-order valence-corrected chi connectivity index (χ1v) is 8.31. The number of carbonyl (C=O) groups excluding carboxylic acids is 2. The fourth-order valence-corrected chi connectivity index (χ4v) is 2.62. The third-order valence-corrected chi connectivity index (χ3v) is 3.95. The Morgan fingerprint density at radius 1 is 1.35 bits per heavy atom. The van der Waals surface area contributed by atoms with Crippen molar-refractivity contribution in [3.8, 4) is 0 Å². The van der Waals surface area contributed by atoms with Gasteiger partial charge in [0.15, 0.2) is 0 Å². The number of carbonyl (C=O) groups is 2. The molecule has 0 unspecified atom stereocenters. The second-order valence-corrected chi connectivity index (χ2v) is 6.65. The molecule has 6 heteroatoms. The van der Waals surface area contributed by atoms with Crippen molar-refractivity contribution in [3.05, 3.63) is 34.9 Å². The summed E-state index contributed by atoms with van der Waals surface area (Å²) in [7, 11) is 0. The Bertz CT molecular complexity index is 555. The van der Waals surface area contributed by atoms with Gasteiger partial charge < -0.3 is 15.0 Å². The predicted octanol–water partition coefficient (Wildman–Crippen LogP) is 3.33. The summed E-state index contributed by atoms with van der Waals surface area (Å²) in [5, 5.41) is 3.54. The van der Waals surface area contributed by atoms with Gasteiger partial charge in [-0.05, 0) is 37.0 Å². The number of amides is 2. The highest BCUT2D eigenvalue weighted by molar-refractivity contribution is 6.30. The normalized spacial score (nSPS) is 15.6. The molecule has 1 aromatic rings. The Morgan fingerprint density at radius 2 is 2.04 bits per heavy atom. The van der Waals surface area contributed by atoms with E-state index in [1.54, 1.807) is 29.2 Å². The molecule has 0 aromatic heterocycles. The van der Waals surface area contributed by atoms with E-state index in [-0.39, 0.29) is 18.0 Å². The molecule has 0 radical (unpaired) electrons. The van der Waals surface area contributed by atoms with Crippen LogP contribution in [0.3, 0.4) is 0 Å². The quantitative estimate of drug-likeness (QED) is 0.916. The van der Waals surface area contributed by atoms with Crippen molar-refractivity contribution in [2.75, 3.05) is 19.7 Å². The van der Waals surface area contributed by atoms with Gasteiger partial charge in [-0.3, -0.25) is 4.79 Å². The average molecular weight is 339 g/mol. The van der Waals surface area contributed by atoms with Gasteiger partial charge in [-0.15, -0.1) is 0 Å². The lowest BCUT2D eigenvalue weighted by Gasteiger charge is -2.31. The number of nitrogens with zero attached hydrogens (tertiary/aromatic N) is 1.